The molecule has 6 amide bonds. The van der Waals surface area contributed by atoms with E-state index in [9.17, 15) is 38.7 Å². The SMILES string of the molecule is CC(C)C[C@@H](CC(=O)O)NC(=O)C[C@H](CSCc1ccccc1)NC(=O)C[C@@H](NC(=O)C[C@H](CC(C)C)NC(=O)C[C@H](CSCc1ccccc1)NC(=O)C[C@@H](NC(=O)OC(C)(C)C)C(C)C)C(C)C. The van der Waals surface area contributed by atoms with Crippen LogP contribution in [0.1, 0.15) is 139 Å². The molecule has 0 fully saturated rings. The molecule has 0 aromatic heterocycles. The van der Waals surface area contributed by atoms with E-state index in [0.29, 0.717) is 35.9 Å². The van der Waals surface area contributed by atoms with E-state index in [4.69, 9.17) is 4.74 Å². The van der Waals surface area contributed by atoms with E-state index in [2.05, 4.69) is 31.9 Å². The van der Waals surface area contributed by atoms with Gasteiger partial charge in [-0.05, 0) is 68.4 Å². The Labute approximate surface area is 426 Å². The molecule has 0 saturated carbocycles. The lowest BCUT2D eigenvalue weighted by Gasteiger charge is -2.27. The smallest absolute Gasteiger partial charge is 0.407 e. The number of hydrogen-bond acceptors (Lipinski definition) is 10. The van der Waals surface area contributed by atoms with Crippen molar-refractivity contribution in [1.29, 1.82) is 0 Å². The minimum atomic E-state index is -1.00. The van der Waals surface area contributed by atoms with Gasteiger partial charge in [0.05, 0.1) is 6.42 Å². The van der Waals surface area contributed by atoms with E-state index in [1.807, 2.05) is 116 Å². The second-order valence-electron chi connectivity index (χ2n) is 20.9. The van der Waals surface area contributed by atoms with Crippen molar-refractivity contribution >= 4 is 65.1 Å². The summed E-state index contributed by atoms with van der Waals surface area (Å²) in [6.07, 6.45) is 0.0142. The molecule has 0 aliphatic rings. The van der Waals surface area contributed by atoms with E-state index in [1.165, 1.54) is 0 Å². The number of hydrogen-bond donors (Lipinski definition) is 7. The molecular weight excluding hydrogens is 929 g/mol. The Balaban J connectivity index is 2.16. The van der Waals surface area contributed by atoms with Gasteiger partial charge in [0.25, 0.3) is 0 Å². The number of benzene rings is 2. The van der Waals surface area contributed by atoms with Gasteiger partial charge in [-0.2, -0.15) is 23.5 Å². The number of carbonyl (C=O) groups excluding carboxylic acids is 6. The first-order valence-electron chi connectivity index (χ1n) is 24.8. The molecule has 0 radical (unpaired) electrons. The summed E-state index contributed by atoms with van der Waals surface area (Å²) in [5.41, 5.74) is 1.50. The number of ether oxygens (including phenoxy) is 1. The van der Waals surface area contributed by atoms with Crippen LogP contribution in [-0.2, 0) is 45.0 Å². The standard InChI is InChI=1S/C53H84N6O9S2/c1-34(2)22-40(54-46(60)25-42(32-69-30-38-18-14-12-15-19-38)57-50(64)29-45(37(7)8)59-52(67)68-53(9,10)11)24-48(62)58-44(36(5)6)28-49(63)56-43(33-70-31-39-20-16-13-17-21-39)26-47(61)55-41(23-35(3)4)27-51(65)66/h12-21,34-37,40-45H,22-33H2,1-11H3,(H,54,60)(H,55,61)(H,56,63)(H,57,64)(H,58,62)(H,59,67)(H,65,66)/t40-,41-,42+,43+,44+,45+/m0/s1. The van der Waals surface area contributed by atoms with Crippen molar-refractivity contribution < 1.29 is 43.4 Å². The lowest BCUT2D eigenvalue weighted by Crippen LogP contribution is -2.49. The highest BCUT2D eigenvalue weighted by atomic mass is 32.2. The van der Waals surface area contributed by atoms with Gasteiger partial charge in [-0.25, -0.2) is 4.79 Å². The second-order valence-corrected chi connectivity index (χ2v) is 22.9. The second kappa shape index (κ2) is 32.3. The summed E-state index contributed by atoms with van der Waals surface area (Å²) >= 11 is 3.16. The maximum atomic E-state index is 13.8. The summed E-state index contributed by atoms with van der Waals surface area (Å²) in [4.78, 5) is 92.3. The van der Waals surface area contributed by atoms with Crippen LogP contribution >= 0.6 is 23.5 Å². The highest BCUT2D eigenvalue weighted by Gasteiger charge is 2.29. The lowest BCUT2D eigenvalue weighted by molar-refractivity contribution is -0.138. The average molecular weight is 1010 g/mol. The van der Waals surface area contributed by atoms with Crippen LogP contribution < -0.4 is 31.9 Å². The predicted octanol–water partition coefficient (Wildman–Crippen LogP) is 8.00. The molecule has 15 nitrogen and oxygen atoms in total. The Bertz CT molecular complexity index is 1910. The summed E-state index contributed by atoms with van der Waals surface area (Å²) in [6, 6.07) is 16.5. The van der Waals surface area contributed by atoms with E-state index >= 15 is 0 Å². The largest absolute Gasteiger partial charge is 0.481 e. The number of carbonyl (C=O) groups is 7. The van der Waals surface area contributed by atoms with Crippen molar-refractivity contribution in [3.8, 4) is 0 Å². The molecule has 0 aliphatic heterocycles. The molecule has 0 bridgehead atoms. The highest BCUT2D eigenvalue weighted by Crippen LogP contribution is 2.19. The number of amides is 6. The Kier molecular flexibility index (Phi) is 28.3. The summed E-state index contributed by atoms with van der Waals surface area (Å²) in [5.74, 6) is -0.383. The molecule has 2 aromatic rings. The van der Waals surface area contributed by atoms with Crippen LogP contribution in [0.25, 0.3) is 0 Å². The first-order chi connectivity index (χ1) is 32.9. The van der Waals surface area contributed by atoms with Crippen LogP contribution in [0.3, 0.4) is 0 Å². The Morgan fingerprint density at radius 2 is 0.829 bits per heavy atom. The quantitative estimate of drug-likeness (QED) is 0.0372. The van der Waals surface area contributed by atoms with Crippen molar-refractivity contribution in [2.45, 2.75) is 181 Å². The molecule has 392 valence electrons. The minimum absolute atomic E-state index is 0.0137. The first kappa shape index (κ1) is 61.3. The fraction of sp³-hybridized carbons (Fsp3) is 0.642. The fourth-order valence-corrected chi connectivity index (χ4v) is 9.74. The van der Waals surface area contributed by atoms with Crippen molar-refractivity contribution in [2.24, 2.45) is 23.7 Å². The first-order valence-corrected chi connectivity index (χ1v) is 27.1. The predicted molar refractivity (Wildman–Crippen MR) is 282 cm³/mol. The number of nitrogens with one attached hydrogen (secondary N) is 6. The molecule has 6 atom stereocenters. The van der Waals surface area contributed by atoms with Gasteiger partial charge in [-0.1, -0.05) is 116 Å². The zero-order valence-electron chi connectivity index (χ0n) is 43.6. The third-order valence-corrected chi connectivity index (χ3v) is 13.4. The monoisotopic (exact) mass is 1010 g/mol. The molecule has 70 heavy (non-hydrogen) atoms. The Hall–Kier alpha value is -4.77. The molecular formula is C53H84N6O9S2. The number of thioether (sulfide) groups is 2. The fourth-order valence-electron chi connectivity index (χ4n) is 7.67. The topological polar surface area (TPSA) is 221 Å². The maximum absolute atomic E-state index is 13.8. The van der Waals surface area contributed by atoms with Gasteiger partial charge < -0.3 is 41.7 Å². The molecule has 0 aliphatic carbocycles. The van der Waals surface area contributed by atoms with Crippen LogP contribution in [-0.4, -0.2) is 100 Å². The van der Waals surface area contributed by atoms with Crippen LogP contribution in [0, 0.1) is 23.7 Å². The van der Waals surface area contributed by atoms with Gasteiger partial charge in [0.15, 0.2) is 0 Å². The van der Waals surface area contributed by atoms with Gasteiger partial charge in [-0.15, -0.1) is 0 Å². The number of carboxylic acid groups (broad SMARTS) is 1. The van der Waals surface area contributed by atoms with Crippen LogP contribution in [0.2, 0.25) is 0 Å². The maximum Gasteiger partial charge on any atom is 0.407 e. The molecule has 0 heterocycles. The number of alkyl carbamates (subject to hydrolysis) is 1. The lowest BCUT2D eigenvalue weighted by atomic mass is 9.97. The van der Waals surface area contributed by atoms with Crippen molar-refractivity contribution in [1.82, 2.24) is 31.9 Å². The van der Waals surface area contributed by atoms with Crippen molar-refractivity contribution in [3.63, 3.8) is 0 Å². The molecule has 2 aromatic carbocycles. The highest BCUT2D eigenvalue weighted by molar-refractivity contribution is 7.98. The van der Waals surface area contributed by atoms with Crippen LogP contribution in [0.4, 0.5) is 4.79 Å². The zero-order chi connectivity index (χ0) is 52.4. The number of aliphatic carboxylic acids is 1. The molecule has 0 spiro atoms. The minimum Gasteiger partial charge on any atom is -0.481 e. The van der Waals surface area contributed by atoms with Crippen LogP contribution in [0.15, 0.2) is 60.7 Å². The van der Waals surface area contributed by atoms with E-state index in [1.54, 1.807) is 44.3 Å². The third-order valence-electron chi connectivity index (χ3n) is 11.0. The Morgan fingerprint density at radius 1 is 0.486 bits per heavy atom. The Morgan fingerprint density at radius 3 is 1.20 bits per heavy atom. The van der Waals surface area contributed by atoms with Gasteiger partial charge in [-0.3, -0.25) is 28.8 Å². The van der Waals surface area contributed by atoms with Gasteiger partial charge in [0.1, 0.15) is 5.60 Å². The summed E-state index contributed by atoms with van der Waals surface area (Å²) in [7, 11) is 0. The average Bonchev–Trinajstić information content (AvgIpc) is 3.22. The van der Waals surface area contributed by atoms with Gasteiger partial charge >= 0.3 is 12.1 Å². The van der Waals surface area contributed by atoms with Crippen molar-refractivity contribution in [2.75, 3.05) is 11.5 Å². The summed E-state index contributed by atoms with van der Waals surface area (Å²) in [5, 5.41) is 27.3. The molecule has 7 N–H and O–H groups in total. The molecule has 0 unspecified atom stereocenters. The summed E-state index contributed by atoms with van der Waals surface area (Å²) in [6.45, 7) is 20.9. The number of rotatable bonds is 32. The summed E-state index contributed by atoms with van der Waals surface area (Å²) < 4.78 is 5.43. The van der Waals surface area contributed by atoms with Gasteiger partial charge in [0, 0.05) is 91.4 Å². The van der Waals surface area contributed by atoms with E-state index in [-0.39, 0.29) is 91.7 Å². The molecule has 0 saturated heterocycles. The van der Waals surface area contributed by atoms with E-state index < -0.39 is 53.9 Å². The van der Waals surface area contributed by atoms with Gasteiger partial charge in [0.2, 0.25) is 29.5 Å². The van der Waals surface area contributed by atoms with Crippen molar-refractivity contribution in [3.05, 3.63) is 71.8 Å². The molecule has 17 heteroatoms. The number of carboxylic acids is 1. The van der Waals surface area contributed by atoms with Crippen LogP contribution in [0.5, 0.6) is 0 Å². The van der Waals surface area contributed by atoms with E-state index in [0.717, 1.165) is 11.1 Å². The normalized spacial score (nSPS) is 14.2. The molecule has 2 rings (SSSR count). The zero-order valence-corrected chi connectivity index (χ0v) is 45.2. The third kappa shape index (κ3) is 28.8.